The van der Waals surface area contributed by atoms with E-state index >= 15 is 0 Å². The van der Waals surface area contributed by atoms with Gasteiger partial charge in [-0.3, -0.25) is 9.78 Å². The molecule has 0 spiro atoms. The number of aromatic nitrogens is 1. The molecule has 3 aromatic rings. The maximum absolute atomic E-state index is 12.5. The summed E-state index contributed by atoms with van der Waals surface area (Å²) in [6.07, 6.45) is 3.23. The summed E-state index contributed by atoms with van der Waals surface area (Å²) in [5.41, 5.74) is 2.16. The van der Waals surface area contributed by atoms with Crippen LogP contribution in [0.2, 0.25) is 0 Å². The highest BCUT2D eigenvalue weighted by atomic mass is 16.5. The summed E-state index contributed by atoms with van der Waals surface area (Å²) >= 11 is 0. The van der Waals surface area contributed by atoms with Crippen molar-refractivity contribution in [3.05, 3.63) is 71.9 Å². The van der Waals surface area contributed by atoms with E-state index in [1.54, 1.807) is 49.7 Å². The Labute approximate surface area is 145 Å². The molecule has 1 heterocycles. The topological polar surface area (TPSA) is 75.0 Å². The maximum Gasteiger partial charge on any atom is 0.266 e. The van der Waals surface area contributed by atoms with Crippen LogP contribution in [-0.4, -0.2) is 18.0 Å². The lowest BCUT2D eigenvalue weighted by molar-refractivity contribution is -0.112. The van der Waals surface area contributed by atoms with Gasteiger partial charge in [-0.2, -0.15) is 5.26 Å². The Morgan fingerprint density at radius 3 is 2.68 bits per heavy atom. The molecule has 0 aliphatic heterocycles. The molecular weight excluding hydrogens is 314 g/mol. The van der Waals surface area contributed by atoms with E-state index < -0.39 is 5.91 Å². The zero-order valence-electron chi connectivity index (χ0n) is 13.6. The summed E-state index contributed by atoms with van der Waals surface area (Å²) in [6, 6.07) is 18.2. The van der Waals surface area contributed by atoms with Crippen LogP contribution in [0.4, 0.5) is 5.69 Å². The molecule has 0 bridgehead atoms. The average molecular weight is 329 g/mol. The molecule has 1 N–H and O–H groups in total. The number of nitriles is 1. The van der Waals surface area contributed by atoms with Gasteiger partial charge in [0.15, 0.2) is 0 Å². The van der Waals surface area contributed by atoms with Gasteiger partial charge in [0.1, 0.15) is 17.4 Å². The first-order chi connectivity index (χ1) is 12.2. The van der Waals surface area contributed by atoms with E-state index in [9.17, 15) is 10.1 Å². The lowest BCUT2D eigenvalue weighted by atomic mass is 10.1. The molecule has 5 heteroatoms. The molecule has 0 fully saturated rings. The van der Waals surface area contributed by atoms with Crippen molar-refractivity contribution in [3.63, 3.8) is 0 Å². The van der Waals surface area contributed by atoms with Gasteiger partial charge < -0.3 is 10.1 Å². The van der Waals surface area contributed by atoms with Gasteiger partial charge in [0.05, 0.1) is 18.3 Å². The zero-order valence-corrected chi connectivity index (χ0v) is 13.6. The smallest absolute Gasteiger partial charge is 0.266 e. The number of hydrogen-bond acceptors (Lipinski definition) is 4. The highest BCUT2D eigenvalue weighted by Gasteiger charge is 2.11. The van der Waals surface area contributed by atoms with Gasteiger partial charge in [-0.1, -0.05) is 18.2 Å². The standard InChI is InChI=1S/C20H15N3O2/c1-25-16-9-7-14(8-10-16)12-15(13-21)20(24)23-19-6-2-5-18-17(19)4-3-11-22-18/h2-12H,1H3,(H,23,24)/b15-12-. The number of fused-ring (bicyclic) bond motifs is 1. The first-order valence-corrected chi connectivity index (χ1v) is 7.62. The minimum Gasteiger partial charge on any atom is -0.497 e. The third-order valence-electron chi connectivity index (χ3n) is 3.69. The first-order valence-electron chi connectivity index (χ1n) is 7.62. The number of ether oxygens (including phenoxy) is 1. The SMILES string of the molecule is COc1ccc(/C=C(/C#N)C(=O)Nc2cccc3ncccc23)cc1. The molecule has 1 aromatic heterocycles. The van der Waals surface area contributed by atoms with Crippen molar-refractivity contribution in [2.75, 3.05) is 12.4 Å². The molecule has 0 aliphatic carbocycles. The molecule has 25 heavy (non-hydrogen) atoms. The predicted molar refractivity (Wildman–Crippen MR) is 97.0 cm³/mol. The Morgan fingerprint density at radius 2 is 1.96 bits per heavy atom. The minimum absolute atomic E-state index is 0.0195. The van der Waals surface area contributed by atoms with E-state index in [1.807, 2.05) is 24.3 Å². The van der Waals surface area contributed by atoms with Crippen LogP contribution in [0.15, 0.2) is 66.4 Å². The van der Waals surface area contributed by atoms with E-state index in [2.05, 4.69) is 10.3 Å². The van der Waals surface area contributed by atoms with Crippen molar-refractivity contribution in [3.8, 4) is 11.8 Å². The molecule has 1 amide bonds. The summed E-state index contributed by atoms with van der Waals surface area (Å²) in [5, 5.41) is 12.9. The number of nitrogens with zero attached hydrogens (tertiary/aromatic N) is 2. The Kier molecular flexibility index (Phi) is 4.72. The summed E-state index contributed by atoms with van der Waals surface area (Å²) < 4.78 is 5.10. The van der Waals surface area contributed by atoms with Gasteiger partial charge in [-0.05, 0) is 48.0 Å². The number of amides is 1. The average Bonchev–Trinajstić information content (AvgIpc) is 2.66. The van der Waals surface area contributed by atoms with Crippen LogP contribution < -0.4 is 10.1 Å². The van der Waals surface area contributed by atoms with Crippen LogP contribution in [-0.2, 0) is 4.79 Å². The lowest BCUT2D eigenvalue weighted by Gasteiger charge is -2.07. The number of rotatable bonds is 4. The maximum atomic E-state index is 12.5. The predicted octanol–water partition coefficient (Wildman–Crippen LogP) is 3.79. The van der Waals surface area contributed by atoms with Gasteiger partial charge in [-0.25, -0.2) is 0 Å². The monoisotopic (exact) mass is 329 g/mol. The van der Waals surface area contributed by atoms with Crippen LogP contribution in [0.1, 0.15) is 5.56 Å². The van der Waals surface area contributed by atoms with Crippen LogP contribution in [0.3, 0.4) is 0 Å². The molecule has 2 aromatic carbocycles. The lowest BCUT2D eigenvalue weighted by Crippen LogP contribution is -2.13. The van der Waals surface area contributed by atoms with E-state index in [4.69, 9.17) is 4.74 Å². The number of anilines is 1. The largest absolute Gasteiger partial charge is 0.497 e. The highest BCUT2D eigenvalue weighted by Crippen LogP contribution is 2.22. The molecule has 0 saturated heterocycles. The van der Waals surface area contributed by atoms with Crippen LogP contribution in [0.25, 0.3) is 17.0 Å². The Morgan fingerprint density at radius 1 is 1.16 bits per heavy atom. The molecule has 5 nitrogen and oxygen atoms in total. The first kappa shape index (κ1) is 16.2. The zero-order chi connectivity index (χ0) is 17.6. The fourth-order valence-electron chi connectivity index (χ4n) is 2.42. The van der Waals surface area contributed by atoms with Gasteiger partial charge >= 0.3 is 0 Å². The van der Waals surface area contributed by atoms with Crippen molar-refractivity contribution in [1.82, 2.24) is 4.98 Å². The molecule has 3 rings (SSSR count). The number of carbonyl (C=O) groups excluding carboxylic acids is 1. The number of hydrogen-bond donors (Lipinski definition) is 1. The molecule has 0 radical (unpaired) electrons. The van der Waals surface area contributed by atoms with Crippen LogP contribution >= 0.6 is 0 Å². The molecule has 0 saturated carbocycles. The summed E-state index contributed by atoms with van der Waals surface area (Å²) in [4.78, 5) is 16.7. The number of carbonyl (C=O) groups is 1. The Balaban J connectivity index is 1.87. The van der Waals surface area contributed by atoms with E-state index in [-0.39, 0.29) is 5.57 Å². The van der Waals surface area contributed by atoms with Gasteiger partial charge in [0, 0.05) is 11.6 Å². The van der Waals surface area contributed by atoms with E-state index in [0.717, 1.165) is 16.5 Å². The van der Waals surface area contributed by atoms with Gasteiger partial charge in [0.25, 0.3) is 5.91 Å². The Bertz CT molecular complexity index is 980. The van der Waals surface area contributed by atoms with Crippen LogP contribution in [0, 0.1) is 11.3 Å². The van der Waals surface area contributed by atoms with E-state index in [1.165, 1.54) is 6.08 Å². The van der Waals surface area contributed by atoms with Crippen molar-refractivity contribution < 1.29 is 9.53 Å². The third-order valence-corrected chi connectivity index (χ3v) is 3.69. The molecule has 122 valence electrons. The summed E-state index contributed by atoms with van der Waals surface area (Å²) in [6.45, 7) is 0. The second-order valence-corrected chi connectivity index (χ2v) is 5.27. The number of benzene rings is 2. The quantitative estimate of drug-likeness (QED) is 0.584. The van der Waals surface area contributed by atoms with Crippen molar-refractivity contribution in [2.45, 2.75) is 0 Å². The van der Waals surface area contributed by atoms with Crippen molar-refractivity contribution in [2.24, 2.45) is 0 Å². The minimum atomic E-state index is -0.463. The molecular formula is C20H15N3O2. The molecule has 0 atom stereocenters. The van der Waals surface area contributed by atoms with Crippen LogP contribution in [0.5, 0.6) is 5.75 Å². The normalized spacial score (nSPS) is 11.0. The second kappa shape index (κ2) is 7.28. The fraction of sp³-hybridized carbons (Fsp3) is 0.0500. The highest BCUT2D eigenvalue weighted by molar-refractivity contribution is 6.12. The summed E-state index contributed by atoms with van der Waals surface area (Å²) in [7, 11) is 1.58. The van der Waals surface area contributed by atoms with Crippen molar-refractivity contribution in [1.29, 1.82) is 5.26 Å². The summed E-state index contributed by atoms with van der Waals surface area (Å²) in [5.74, 6) is 0.248. The molecule has 0 aliphatic rings. The van der Waals surface area contributed by atoms with Crippen molar-refractivity contribution >= 4 is 28.6 Å². The second-order valence-electron chi connectivity index (χ2n) is 5.27. The molecule has 0 unspecified atom stereocenters. The Hall–Kier alpha value is -3.65. The van der Waals surface area contributed by atoms with Gasteiger partial charge in [-0.15, -0.1) is 0 Å². The number of pyridine rings is 1. The van der Waals surface area contributed by atoms with Gasteiger partial charge in [0.2, 0.25) is 0 Å². The van der Waals surface area contributed by atoms with E-state index in [0.29, 0.717) is 11.4 Å². The third kappa shape index (κ3) is 3.65. The number of nitrogens with one attached hydrogen (secondary N) is 1. The fourth-order valence-corrected chi connectivity index (χ4v) is 2.42. The number of methoxy groups -OCH3 is 1.